The van der Waals surface area contributed by atoms with Crippen molar-refractivity contribution >= 4 is 23.3 Å². The molecule has 0 radical (unpaired) electrons. The molecule has 0 fully saturated rings. The van der Waals surface area contributed by atoms with E-state index in [0.29, 0.717) is 5.69 Å². The highest BCUT2D eigenvalue weighted by Gasteiger charge is 2.37. The first-order valence-corrected chi connectivity index (χ1v) is 9.45. The summed E-state index contributed by atoms with van der Waals surface area (Å²) in [4.78, 5) is 25.3. The van der Waals surface area contributed by atoms with Gasteiger partial charge in [0.25, 0.3) is 5.91 Å². The Bertz CT molecular complexity index is 933. The van der Waals surface area contributed by atoms with Gasteiger partial charge >= 0.3 is 5.97 Å². The van der Waals surface area contributed by atoms with E-state index in [1.165, 1.54) is 22.6 Å². The van der Waals surface area contributed by atoms with Crippen molar-refractivity contribution in [1.82, 2.24) is 0 Å². The molecule has 28 heavy (non-hydrogen) atoms. The van der Waals surface area contributed by atoms with Crippen LogP contribution in [-0.4, -0.2) is 23.7 Å². The summed E-state index contributed by atoms with van der Waals surface area (Å²) in [6.07, 6.45) is 2.06. The lowest BCUT2D eigenvalue weighted by Gasteiger charge is -2.42. The molecule has 0 unspecified atom stereocenters. The number of carbonyl (C=O) groups is 2. The summed E-state index contributed by atoms with van der Waals surface area (Å²) in [5, 5.41) is 9.53. The van der Waals surface area contributed by atoms with Crippen molar-refractivity contribution in [3.8, 4) is 0 Å². The molecule has 148 valence electrons. The number of carboxylic acids is 1. The smallest absolute Gasteiger partial charge is 0.337 e. The summed E-state index contributed by atoms with van der Waals surface area (Å²) in [7, 11) is 0. The van der Waals surface area contributed by atoms with E-state index >= 15 is 0 Å². The van der Waals surface area contributed by atoms with Crippen LogP contribution in [0.2, 0.25) is 0 Å². The third-order valence-electron chi connectivity index (χ3n) is 5.83. The van der Waals surface area contributed by atoms with Gasteiger partial charge < -0.3 is 5.11 Å². The number of anilines is 2. The molecule has 2 aromatic rings. The van der Waals surface area contributed by atoms with Gasteiger partial charge in [0.1, 0.15) is 0 Å². The number of benzene rings is 2. The molecule has 0 spiro atoms. The van der Waals surface area contributed by atoms with Crippen LogP contribution in [0.25, 0.3) is 0 Å². The molecule has 0 heterocycles. The number of fused-ring (bicyclic) bond motifs is 1. The minimum Gasteiger partial charge on any atom is -0.478 e. The molecule has 0 saturated carbocycles. The van der Waals surface area contributed by atoms with Gasteiger partial charge in [0, 0.05) is 5.69 Å². The van der Waals surface area contributed by atoms with E-state index in [9.17, 15) is 19.1 Å². The van der Waals surface area contributed by atoms with E-state index in [-0.39, 0.29) is 22.1 Å². The fraction of sp³-hybridized carbons (Fsp3) is 0.391. The molecule has 0 saturated heterocycles. The molecule has 2 aromatic carbocycles. The maximum atomic E-state index is 13.4. The van der Waals surface area contributed by atoms with Gasteiger partial charge in [-0.3, -0.25) is 9.69 Å². The lowest BCUT2D eigenvalue weighted by atomic mass is 9.63. The Morgan fingerprint density at radius 1 is 1.00 bits per heavy atom. The average Bonchev–Trinajstić information content (AvgIpc) is 2.66. The molecule has 0 aromatic heterocycles. The second-order valence-electron chi connectivity index (χ2n) is 8.68. The minimum atomic E-state index is -1.21. The van der Waals surface area contributed by atoms with Crippen LogP contribution >= 0.6 is 0 Å². The van der Waals surface area contributed by atoms with Gasteiger partial charge in [-0.25, -0.2) is 9.18 Å². The van der Waals surface area contributed by atoms with Gasteiger partial charge in [0.15, 0.2) is 6.67 Å². The Kier molecular flexibility index (Phi) is 5.04. The molecule has 0 aliphatic heterocycles. The standard InChI is InChI=1S/C23H26FNO3/c1-22(2)11-12-23(3,4)18-13-15(9-10-17(18)22)25(20(26)14-24)19-8-6-5-7-16(19)21(27)28/h5-10,13H,11-12,14H2,1-4H3,(H,27,28). The van der Waals surface area contributed by atoms with Gasteiger partial charge in [-0.05, 0) is 59.1 Å². The Hall–Kier alpha value is -2.69. The first-order chi connectivity index (χ1) is 13.1. The lowest BCUT2D eigenvalue weighted by molar-refractivity contribution is -0.118. The number of amides is 1. The quantitative estimate of drug-likeness (QED) is 0.772. The van der Waals surface area contributed by atoms with E-state index in [1.807, 2.05) is 12.1 Å². The molecule has 0 atom stereocenters. The van der Waals surface area contributed by atoms with E-state index in [0.717, 1.165) is 18.4 Å². The maximum Gasteiger partial charge on any atom is 0.337 e. The summed E-state index contributed by atoms with van der Waals surface area (Å²) >= 11 is 0. The third kappa shape index (κ3) is 3.41. The van der Waals surface area contributed by atoms with Crippen molar-refractivity contribution in [3.05, 3.63) is 59.2 Å². The van der Waals surface area contributed by atoms with Gasteiger partial charge in [0.05, 0.1) is 11.3 Å². The van der Waals surface area contributed by atoms with Gasteiger partial charge in [-0.2, -0.15) is 0 Å². The van der Waals surface area contributed by atoms with Crippen molar-refractivity contribution in [2.75, 3.05) is 11.6 Å². The number of para-hydroxylation sites is 1. The van der Waals surface area contributed by atoms with Crippen molar-refractivity contribution in [2.45, 2.75) is 51.4 Å². The topological polar surface area (TPSA) is 57.6 Å². The lowest BCUT2D eigenvalue weighted by Crippen LogP contribution is -2.35. The average molecular weight is 383 g/mol. The zero-order valence-electron chi connectivity index (χ0n) is 16.8. The van der Waals surface area contributed by atoms with Gasteiger partial charge in [-0.15, -0.1) is 0 Å². The highest BCUT2D eigenvalue weighted by atomic mass is 19.1. The summed E-state index contributed by atoms with van der Waals surface area (Å²) in [5.74, 6) is -1.95. The molecule has 1 aliphatic carbocycles. The van der Waals surface area contributed by atoms with E-state index in [2.05, 4.69) is 27.7 Å². The number of halogens is 1. The van der Waals surface area contributed by atoms with Crippen LogP contribution in [0.3, 0.4) is 0 Å². The molecular formula is C23H26FNO3. The number of hydrogen-bond acceptors (Lipinski definition) is 2. The second kappa shape index (κ2) is 7.04. The number of carboxylic acid groups (broad SMARTS) is 1. The second-order valence-corrected chi connectivity index (χ2v) is 8.68. The number of alkyl halides is 1. The van der Waals surface area contributed by atoms with Crippen molar-refractivity contribution < 1.29 is 19.1 Å². The van der Waals surface area contributed by atoms with Crippen LogP contribution < -0.4 is 4.90 Å². The molecule has 1 amide bonds. The Morgan fingerprint density at radius 3 is 2.21 bits per heavy atom. The molecule has 3 rings (SSSR count). The van der Waals surface area contributed by atoms with Crippen LogP contribution in [0, 0.1) is 0 Å². The Balaban J connectivity index is 2.22. The maximum absolute atomic E-state index is 13.4. The molecular weight excluding hydrogens is 357 g/mol. The highest BCUT2D eigenvalue weighted by Crippen LogP contribution is 2.47. The monoisotopic (exact) mass is 383 g/mol. The van der Waals surface area contributed by atoms with Gasteiger partial charge in [-0.1, -0.05) is 45.9 Å². The van der Waals surface area contributed by atoms with Crippen LogP contribution in [0.5, 0.6) is 0 Å². The first kappa shape index (κ1) is 20.1. The molecule has 0 bridgehead atoms. The predicted molar refractivity (Wildman–Crippen MR) is 108 cm³/mol. The van der Waals surface area contributed by atoms with Crippen LogP contribution in [0.15, 0.2) is 42.5 Å². The van der Waals surface area contributed by atoms with Crippen molar-refractivity contribution in [2.24, 2.45) is 0 Å². The molecule has 1 aliphatic rings. The summed E-state index contributed by atoms with van der Waals surface area (Å²) in [6.45, 7) is 7.52. The summed E-state index contributed by atoms with van der Waals surface area (Å²) in [5.41, 5.74) is 2.87. The van der Waals surface area contributed by atoms with Crippen molar-refractivity contribution in [3.63, 3.8) is 0 Å². The van der Waals surface area contributed by atoms with E-state index in [4.69, 9.17) is 0 Å². The molecule has 5 heteroatoms. The minimum absolute atomic E-state index is 0.0112. The number of nitrogens with zero attached hydrogens (tertiary/aromatic N) is 1. The zero-order valence-corrected chi connectivity index (χ0v) is 16.8. The van der Waals surface area contributed by atoms with Crippen LogP contribution in [0.4, 0.5) is 15.8 Å². The Labute approximate surface area is 165 Å². The van der Waals surface area contributed by atoms with Crippen LogP contribution in [-0.2, 0) is 15.6 Å². The Morgan fingerprint density at radius 2 is 1.61 bits per heavy atom. The first-order valence-electron chi connectivity index (χ1n) is 9.45. The molecule has 1 N–H and O–H groups in total. The number of hydrogen-bond donors (Lipinski definition) is 1. The fourth-order valence-corrected chi connectivity index (χ4v) is 4.04. The number of rotatable bonds is 4. The SMILES string of the molecule is CC1(C)CCC(C)(C)c2cc(N(C(=O)CF)c3ccccc3C(=O)O)ccc21. The highest BCUT2D eigenvalue weighted by molar-refractivity contribution is 6.06. The fourth-order valence-electron chi connectivity index (χ4n) is 4.04. The van der Waals surface area contributed by atoms with E-state index in [1.54, 1.807) is 18.2 Å². The molecule has 4 nitrogen and oxygen atoms in total. The third-order valence-corrected chi connectivity index (χ3v) is 5.83. The number of aromatic carboxylic acids is 1. The van der Waals surface area contributed by atoms with Crippen molar-refractivity contribution in [1.29, 1.82) is 0 Å². The van der Waals surface area contributed by atoms with Crippen LogP contribution in [0.1, 0.15) is 62.0 Å². The van der Waals surface area contributed by atoms with E-state index < -0.39 is 18.6 Å². The summed E-state index contributed by atoms with van der Waals surface area (Å²) < 4.78 is 13.4. The zero-order chi connectivity index (χ0) is 20.7. The predicted octanol–water partition coefficient (Wildman–Crippen LogP) is 5.37. The summed E-state index contributed by atoms with van der Waals surface area (Å²) in [6, 6.07) is 11.9. The largest absolute Gasteiger partial charge is 0.478 e. The number of carbonyl (C=O) groups excluding carboxylic acids is 1. The van der Waals surface area contributed by atoms with Gasteiger partial charge in [0.2, 0.25) is 0 Å². The normalized spacial score (nSPS) is 16.9.